The van der Waals surface area contributed by atoms with Crippen LogP contribution in [-0.2, 0) is 16.1 Å². The van der Waals surface area contributed by atoms with Crippen LogP contribution in [-0.4, -0.2) is 36.1 Å². The second kappa shape index (κ2) is 8.43. The Hall–Kier alpha value is -1.95. The highest BCUT2D eigenvalue weighted by molar-refractivity contribution is 7.10. The molecule has 0 spiro atoms. The fourth-order valence-corrected chi connectivity index (χ4v) is 3.77. The molecule has 4 nitrogen and oxygen atoms in total. The summed E-state index contributed by atoms with van der Waals surface area (Å²) in [5.74, 6) is -0.107. The third-order valence-electron chi connectivity index (χ3n) is 4.11. The number of hydrogen-bond acceptors (Lipinski definition) is 4. The molecule has 2 unspecified atom stereocenters. The van der Waals surface area contributed by atoms with Crippen molar-refractivity contribution in [1.29, 1.82) is 0 Å². The van der Waals surface area contributed by atoms with Gasteiger partial charge in [-0.3, -0.25) is 9.69 Å². The third kappa shape index (κ3) is 5.26. The molecule has 25 heavy (non-hydrogen) atoms. The molecule has 132 valence electrons. The third-order valence-corrected chi connectivity index (χ3v) is 4.94. The molecular weight excluding hydrogens is 332 g/mol. The SMILES string of the molecule is CC1CN(Cc2ccccc2NC(=O)/C=C/c2cccs2)CC(C)O1. The average molecular weight is 356 g/mol. The van der Waals surface area contributed by atoms with Gasteiger partial charge in [0.15, 0.2) is 0 Å². The largest absolute Gasteiger partial charge is 0.373 e. The Morgan fingerprint density at radius 1 is 1.24 bits per heavy atom. The highest BCUT2D eigenvalue weighted by Gasteiger charge is 2.22. The van der Waals surface area contributed by atoms with Crippen LogP contribution in [0, 0.1) is 0 Å². The van der Waals surface area contributed by atoms with Crippen molar-refractivity contribution in [1.82, 2.24) is 4.90 Å². The predicted molar refractivity (Wildman–Crippen MR) is 104 cm³/mol. The number of hydrogen-bond donors (Lipinski definition) is 1. The van der Waals surface area contributed by atoms with E-state index in [1.807, 2.05) is 41.8 Å². The fraction of sp³-hybridized carbons (Fsp3) is 0.350. The van der Waals surface area contributed by atoms with Gasteiger partial charge in [-0.05, 0) is 43.0 Å². The number of amides is 1. The number of ether oxygens (including phenoxy) is 1. The molecule has 1 aliphatic rings. The van der Waals surface area contributed by atoms with Crippen LogP contribution in [0.1, 0.15) is 24.3 Å². The molecule has 0 bridgehead atoms. The first-order chi connectivity index (χ1) is 12.1. The molecule has 2 aromatic rings. The number of morpholine rings is 1. The maximum absolute atomic E-state index is 12.2. The average Bonchev–Trinajstić information content (AvgIpc) is 3.07. The zero-order chi connectivity index (χ0) is 17.6. The van der Waals surface area contributed by atoms with E-state index in [4.69, 9.17) is 4.74 Å². The van der Waals surface area contributed by atoms with Crippen molar-refractivity contribution in [2.24, 2.45) is 0 Å². The zero-order valence-electron chi connectivity index (χ0n) is 14.6. The summed E-state index contributed by atoms with van der Waals surface area (Å²) in [6.07, 6.45) is 3.90. The Morgan fingerprint density at radius 3 is 2.72 bits per heavy atom. The first kappa shape index (κ1) is 17.9. The van der Waals surface area contributed by atoms with Crippen LogP contribution in [0.3, 0.4) is 0 Å². The normalized spacial score (nSPS) is 21.5. The monoisotopic (exact) mass is 356 g/mol. The minimum absolute atomic E-state index is 0.107. The van der Waals surface area contributed by atoms with Gasteiger partial charge in [-0.1, -0.05) is 24.3 Å². The van der Waals surface area contributed by atoms with Gasteiger partial charge in [0.1, 0.15) is 0 Å². The molecule has 0 aliphatic carbocycles. The first-order valence-corrected chi connectivity index (χ1v) is 9.46. The van der Waals surface area contributed by atoms with Crippen molar-refractivity contribution in [2.45, 2.75) is 32.6 Å². The quantitative estimate of drug-likeness (QED) is 0.823. The molecule has 1 N–H and O–H groups in total. The van der Waals surface area contributed by atoms with Gasteiger partial charge in [0.25, 0.3) is 0 Å². The van der Waals surface area contributed by atoms with Gasteiger partial charge in [0, 0.05) is 36.3 Å². The Balaban J connectivity index is 1.65. The van der Waals surface area contributed by atoms with Gasteiger partial charge >= 0.3 is 0 Å². The van der Waals surface area contributed by atoms with Crippen molar-refractivity contribution >= 4 is 29.0 Å². The maximum Gasteiger partial charge on any atom is 0.248 e. The molecule has 1 fully saturated rings. The lowest BCUT2D eigenvalue weighted by molar-refractivity contribution is -0.111. The topological polar surface area (TPSA) is 41.6 Å². The summed E-state index contributed by atoms with van der Waals surface area (Å²) in [6, 6.07) is 12.0. The Kier molecular flexibility index (Phi) is 6.02. The van der Waals surface area contributed by atoms with Crippen LogP contribution in [0.5, 0.6) is 0 Å². The van der Waals surface area contributed by atoms with Crippen LogP contribution in [0.15, 0.2) is 47.9 Å². The molecular formula is C20H24N2O2S. The van der Waals surface area contributed by atoms with Crippen LogP contribution in [0.4, 0.5) is 5.69 Å². The van der Waals surface area contributed by atoms with E-state index in [0.717, 1.165) is 35.8 Å². The number of nitrogens with one attached hydrogen (secondary N) is 1. The molecule has 5 heteroatoms. The fourth-order valence-electron chi connectivity index (χ4n) is 3.15. The summed E-state index contributed by atoms with van der Waals surface area (Å²) in [4.78, 5) is 15.7. The van der Waals surface area contributed by atoms with Crippen molar-refractivity contribution in [3.8, 4) is 0 Å². The first-order valence-electron chi connectivity index (χ1n) is 8.58. The van der Waals surface area contributed by atoms with Gasteiger partial charge in [0.2, 0.25) is 5.91 Å². The number of anilines is 1. The lowest BCUT2D eigenvalue weighted by Crippen LogP contribution is -2.44. The number of thiophene rings is 1. The van der Waals surface area contributed by atoms with E-state index >= 15 is 0 Å². The molecule has 2 heterocycles. The smallest absolute Gasteiger partial charge is 0.248 e. The highest BCUT2D eigenvalue weighted by atomic mass is 32.1. The molecule has 1 aliphatic heterocycles. The Bertz CT molecular complexity index is 717. The molecule has 1 saturated heterocycles. The molecule has 0 saturated carbocycles. The Labute approximate surface area is 153 Å². The van der Waals surface area contributed by atoms with E-state index in [2.05, 4.69) is 30.1 Å². The van der Waals surface area contributed by atoms with E-state index in [1.54, 1.807) is 17.4 Å². The number of para-hydroxylation sites is 1. The lowest BCUT2D eigenvalue weighted by atomic mass is 10.1. The van der Waals surface area contributed by atoms with Crippen molar-refractivity contribution in [2.75, 3.05) is 18.4 Å². The summed E-state index contributed by atoms with van der Waals surface area (Å²) >= 11 is 1.61. The van der Waals surface area contributed by atoms with Crippen LogP contribution >= 0.6 is 11.3 Å². The van der Waals surface area contributed by atoms with E-state index in [9.17, 15) is 4.79 Å². The summed E-state index contributed by atoms with van der Waals surface area (Å²) in [5, 5.41) is 5.00. The minimum Gasteiger partial charge on any atom is -0.373 e. The predicted octanol–water partition coefficient (Wildman–Crippen LogP) is 4.01. The standard InChI is InChI=1S/C20H24N2O2S/c1-15-12-22(13-16(2)24-15)14-17-6-3-4-8-19(17)21-20(23)10-9-18-7-5-11-25-18/h3-11,15-16H,12-14H2,1-2H3,(H,21,23)/b10-9+. The maximum atomic E-state index is 12.2. The van der Waals surface area contributed by atoms with Gasteiger partial charge in [-0.15, -0.1) is 11.3 Å². The number of carbonyl (C=O) groups excluding carboxylic acids is 1. The van der Waals surface area contributed by atoms with Crippen LogP contribution < -0.4 is 5.32 Å². The van der Waals surface area contributed by atoms with Gasteiger partial charge < -0.3 is 10.1 Å². The molecule has 2 atom stereocenters. The number of nitrogens with zero attached hydrogens (tertiary/aromatic N) is 1. The van der Waals surface area contributed by atoms with Gasteiger partial charge in [-0.2, -0.15) is 0 Å². The number of rotatable bonds is 5. The van der Waals surface area contributed by atoms with E-state index in [1.165, 1.54) is 0 Å². The van der Waals surface area contributed by atoms with Crippen molar-refractivity contribution in [3.05, 3.63) is 58.3 Å². The lowest BCUT2D eigenvalue weighted by Gasteiger charge is -2.35. The Morgan fingerprint density at radius 2 is 2.00 bits per heavy atom. The van der Waals surface area contributed by atoms with Crippen molar-refractivity contribution < 1.29 is 9.53 Å². The minimum atomic E-state index is -0.107. The van der Waals surface area contributed by atoms with Gasteiger partial charge in [-0.25, -0.2) is 0 Å². The van der Waals surface area contributed by atoms with E-state index < -0.39 is 0 Å². The molecule has 1 aromatic heterocycles. The summed E-state index contributed by atoms with van der Waals surface area (Å²) in [5.41, 5.74) is 2.00. The number of carbonyl (C=O) groups is 1. The summed E-state index contributed by atoms with van der Waals surface area (Å²) in [6.45, 7) is 6.83. The van der Waals surface area contributed by atoms with E-state index in [0.29, 0.717) is 0 Å². The van der Waals surface area contributed by atoms with Crippen LogP contribution in [0.2, 0.25) is 0 Å². The zero-order valence-corrected chi connectivity index (χ0v) is 15.5. The molecule has 1 aromatic carbocycles. The molecule has 3 rings (SSSR count). The van der Waals surface area contributed by atoms with Crippen molar-refractivity contribution in [3.63, 3.8) is 0 Å². The second-order valence-corrected chi connectivity index (χ2v) is 7.43. The van der Waals surface area contributed by atoms with E-state index in [-0.39, 0.29) is 18.1 Å². The second-order valence-electron chi connectivity index (χ2n) is 6.45. The van der Waals surface area contributed by atoms with Gasteiger partial charge in [0.05, 0.1) is 12.2 Å². The number of benzene rings is 1. The molecule has 0 radical (unpaired) electrons. The molecule has 1 amide bonds. The van der Waals surface area contributed by atoms with Crippen LogP contribution in [0.25, 0.3) is 6.08 Å². The summed E-state index contributed by atoms with van der Waals surface area (Å²) < 4.78 is 5.80. The summed E-state index contributed by atoms with van der Waals surface area (Å²) in [7, 11) is 0. The highest BCUT2D eigenvalue weighted by Crippen LogP contribution is 2.20.